The van der Waals surface area contributed by atoms with Crippen molar-refractivity contribution in [3.05, 3.63) is 5.82 Å². The van der Waals surface area contributed by atoms with Gasteiger partial charge in [0.05, 0.1) is 11.3 Å². The fraction of sp³-hybridized carbons (Fsp3) is 0.733. The maximum Gasteiger partial charge on any atom is 0.234 e. The van der Waals surface area contributed by atoms with Gasteiger partial charge in [0.15, 0.2) is 0 Å². The third kappa shape index (κ3) is 4.23. The Kier molecular flexibility index (Phi) is 5.83. The SMILES string of the molecule is CCCc1nc(SC(C)C(=O)NC2(C#N)CCCCC2)n[nH]1. The van der Waals surface area contributed by atoms with E-state index in [9.17, 15) is 10.1 Å². The summed E-state index contributed by atoms with van der Waals surface area (Å²) in [6, 6.07) is 2.31. The van der Waals surface area contributed by atoms with Gasteiger partial charge in [-0.2, -0.15) is 5.26 Å². The molecule has 1 aromatic rings. The van der Waals surface area contributed by atoms with Crippen LogP contribution in [0.3, 0.4) is 0 Å². The van der Waals surface area contributed by atoms with Crippen LogP contribution in [0.5, 0.6) is 0 Å². The van der Waals surface area contributed by atoms with E-state index in [2.05, 4.69) is 33.5 Å². The molecule has 0 radical (unpaired) electrons. The number of nitriles is 1. The second-order valence-electron chi connectivity index (χ2n) is 5.82. The van der Waals surface area contributed by atoms with Crippen molar-refractivity contribution in [1.82, 2.24) is 20.5 Å². The highest BCUT2D eigenvalue weighted by Gasteiger charge is 2.35. The minimum Gasteiger partial charge on any atom is -0.337 e. The number of nitrogens with one attached hydrogen (secondary N) is 2. The van der Waals surface area contributed by atoms with E-state index in [0.717, 1.165) is 50.8 Å². The quantitative estimate of drug-likeness (QED) is 0.785. The Morgan fingerprint density at radius 2 is 2.23 bits per heavy atom. The zero-order chi connectivity index (χ0) is 16.0. The van der Waals surface area contributed by atoms with Crippen LogP contribution in [0, 0.1) is 11.3 Å². The van der Waals surface area contributed by atoms with Crippen molar-refractivity contribution < 1.29 is 4.79 Å². The van der Waals surface area contributed by atoms with Gasteiger partial charge in [-0.25, -0.2) is 4.98 Å². The van der Waals surface area contributed by atoms with Gasteiger partial charge in [0, 0.05) is 6.42 Å². The maximum atomic E-state index is 12.4. The minimum atomic E-state index is -0.684. The van der Waals surface area contributed by atoms with Gasteiger partial charge in [-0.1, -0.05) is 37.9 Å². The Bertz CT molecular complexity index is 544. The number of amides is 1. The standard InChI is InChI=1S/C15H23N5OS/c1-3-7-12-17-14(20-19-12)22-11(2)13(21)18-15(10-16)8-5-4-6-9-15/h11H,3-9H2,1-2H3,(H,18,21)(H,17,19,20). The fourth-order valence-corrected chi connectivity index (χ4v) is 3.39. The lowest BCUT2D eigenvalue weighted by Gasteiger charge is -2.32. The number of carbonyl (C=O) groups is 1. The molecular weight excluding hydrogens is 298 g/mol. The van der Waals surface area contributed by atoms with Crippen LogP contribution >= 0.6 is 11.8 Å². The zero-order valence-electron chi connectivity index (χ0n) is 13.2. The lowest BCUT2D eigenvalue weighted by molar-refractivity contribution is -0.121. The summed E-state index contributed by atoms with van der Waals surface area (Å²) >= 11 is 1.32. The number of hydrogen-bond acceptors (Lipinski definition) is 5. The zero-order valence-corrected chi connectivity index (χ0v) is 14.0. The van der Waals surface area contributed by atoms with Gasteiger partial charge in [-0.15, -0.1) is 5.10 Å². The Hall–Kier alpha value is -1.55. The summed E-state index contributed by atoms with van der Waals surface area (Å²) in [5, 5.41) is 19.6. The molecule has 2 rings (SSSR count). The van der Waals surface area contributed by atoms with Gasteiger partial charge in [-0.3, -0.25) is 9.89 Å². The molecule has 6 nitrogen and oxygen atoms in total. The highest BCUT2D eigenvalue weighted by atomic mass is 32.2. The number of aromatic nitrogens is 3. The smallest absolute Gasteiger partial charge is 0.234 e. The highest BCUT2D eigenvalue weighted by Crippen LogP contribution is 2.28. The summed E-state index contributed by atoms with van der Waals surface area (Å²) in [6.45, 7) is 3.90. The van der Waals surface area contributed by atoms with Gasteiger partial charge in [0.25, 0.3) is 0 Å². The summed E-state index contributed by atoms with van der Waals surface area (Å²) in [5.41, 5.74) is -0.684. The number of H-pyrrole nitrogens is 1. The molecule has 1 atom stereocenters. The van der Waals surface area contributed by atoms with Crippen molar-refractivity contribution in [3.8, 4) is 6.07 Å². The van der Waals surface area contributed by atoms with E-state index in [1.54, 1.807) is 0 Å². The molecule has 1 aliphatic carbocycles. The Balaban J connectivity index is 1.92. The van der Waals surface area contributed by atoms with Crippen LogP contribution in [0.1, 0.15) is 58.2 Å². The van der Waals surface area contributed by atoms with E-state index in [0.29, 0.717) is 5.16 Å². The van der Waals surface area contributed by atoms with E-state index < -0.39 is 5.54 Å². The molecule has 7 heteroatoms. The molecular formula is C15H23N5OS. The van der Waals surface area contributed by atoms with Crippen LogP contribution in [-0.4, -0.2) is 31.9 Å². The van der Waals surface area contributed by atoms with Crippen molar-refractivity contribution in [1.29, 1.82) is 5.26 Å². The molecule has 0 aliphatic heterocycles. The maximum absolute atomic E-state index is 12.4. The van der Waals surface area contributed by atoms with Crippen LogP contribution < -0.4 is 5.32 Å². The van der Waals surface area contributed by atoms with Crippen LogP contribution in [0.25, 0.3) is 0 Å². The first-order chi connectivity index (χ1) is 10.6. The molecule has 1 aromatic heterocycles. The average molecular weight is 321 g/mol. The second-order valence-corrected chi connectivity index (χ2v) is 7.13. The van der Waals surface area contributed by atoms with Crippen molar-refractivity contribution in [2.45, 2.75) is 74.7 Å². The molecule has 2 N–H and O–H groups in total. The molecule has 0 spiro atoms. The summed E-state index contributed by atoms with van der Waals surface area (Å²) in [6.07, 6.45) is 6.47. The van der Waals surface area contributed by atoms with Crippen molar-refractivity contribution in [2.24, 2.45) is 0 Å². The molecule has 1 fully saturated rings. The van der Waals surface area contributed by atoms with Crippen LogP contribution in [0.2, 0.25) is 0 Å². The number of aryl methyl sites for hydroxylation is 1. The molecule has 1 heterocycles. The minimum absolute atomic E-state index is 0.115. The first-order valence-corrected chi connectivity index (χ1v) is 8.78. The van der Waals surface area contributed by atoms with Crippen LogP contribution in [-0.2, 0) is 11.2 Å². The van der Waals surface area contributed by atoms with E-state index in [-0.39, 0.29) is 11.2 Å². The van der Waals surface area contributed by atoms with Crippen molar-refractivity contribution in [3.63, 3.8) is 0 Å². The summed E-state index contributed by atoms with van der Waals surface area (Å²) < 4.78 is 0. The van der Waals surface area contributed by atoms with Gasteiger partial charge in [0.1, 0.15) is 11.4 Å². The summed E-state index contributed by atoms with van der Waals surface area (Å²) in [4.78, 5) is 16.7. The predicted octanol–water partition coefficient (Wildman–Crippen LogP) is 2.58. The lowest BCUT2D eigenvalue weighted by Crippen LogP contribution is -2.50. The topological polar surface area (TPSA) is 94.5 Å². The molecule has 1 saturated carbocycles. The first kappa shape index (κ1) is 16.8. The third-order valence-electron chi connectivity index (χ3n) is 3.93. The average Bonchev–Trinajstić information content (AvgIpc) is 2.95. The van der Waals surface area contributed by atoms with Gasteiger partial charge >= 0.3 is 0 Å². The molecule has 120 valence electrons. The van der Waals surface area contributed by atoms with Crippen LogP contribution in [0.15, 0.2) is 5.16 Å². The second kappa shape index (κ2) is 7.63. The molecule has 22 heavy (non-hydrogen) atoms. The normalized spacial score (nSPS) is 18.4. The van der Waals surface area contributed by atoms with Gasteiger partial charge in [-0.05, 0) is 26.2 Å². The highest BCUT2D eigenvalue weighted by molar-refractivity contribution is 8.00. The first-order valence-electron chi connectivity index (χ1n) is 7.90. The van der Waals surface area contributed by atoms with E-state index >= 15 is 0 Å². The molecule has 1 unspecified atom stereocenters. The number of aromatic amines is 1. The number of nitrogens with zero attached hydrogens (tertiary/aromatic N) is 3. The molecule has 0 saturated heterocycles. The third-order valence-corrected chi connectivity index (χ3v) is 4.89. The lowest BCUT2D eigenvalue weighted by atomic mass is 9.83. The molecule has 1 aliphatic rings. The van der Waals surface area contributed by atoms with E-state index in [1.807, 2.05) is 6.92 Å². The van der Waals surface area contributed by atoms with Crippen molar-refractivity contribution >= 4 is 17.7 Å². The Morgan fingerprint density at radius 1 is 1.50 bits per heavy atom. The predicted molar refractivity (Wildman–Crippen MR) is 85.3 cm³/mol. The van der Waals surface area contributed by atoms with Gasteiger partial charge < -0.3 is 5.32 Å². The monoisotopic (exact) mass is 321 g/mol. The van der Waals surface area contributed by atoms with Crippen LogP contribution in [0.4, 0.5) is 0 Å². The van der Waals surface area contributed by atoms with E-state index in [4.69, 9.17) is 0 Å². The number of carbonyl (C=O) groups excluding carboxylic acids is 1. The number of rotatable bonds is 6. The number of thioether (sulfide) groups is 1. The molecule has 1 amide bonds. The molecule has 0 bridgehead atoms. The van der Waals surface area contributed by atoms with Crippen molar-refractivity contribution in [2.75, 3.05) is 0 Å². The Labute approximate surface area is 135 Å². The van der Waals surface area contributed by atoms with E-state index in [1.165, 1.54) is 11.8 Å². The summed E-state index contributed by atoms with van der Waals surface area (Å²) in [7, 11) is 0. The Morgan fingerprint density at radius 3 is 2.86 bits per heavy atom. The largest absolute Gasteiger partial charge is 0.337 e. The molecule has 0 aromatic carbocycles. The summed E-state index contributed by atoms with van der Waals surface area (Å²) in [5.74, 6) is 0.730. The number of hydrogen-bond donors (Lipinski definition) is 2. The van der Waals surface area contributed by atoms with Gasteiger partial charge in [0.2, 0.25) is 11.1 Å². The fourth-order valence-electron chi connectivity index (χ4n) is 2.65.